The van der Waals surface area contributed by atoms with Gasteiger partial charge in [-0.15, -0.1) is 0 Å². The SMILES string of the molecule is CC(=O)N1CCC(Nc2cc(C(C)C)ncn2)CC1. The lowest BCUT2D eigenvalue weighted by Crippen LogP contribution is -2.41. The van der Waals surface area contributed by atoms with Crippen molar-refractivity contribution in [1.82, 2.24) is 14.9 Å². The van der Waals surface area contributed by atoms with Crippen LogP contribution >= 0.6 is 0 Å². The molecule has 1 aliphatic rings. The summed E-state index contributed by atoms with van der Waals surface area (Å²) in [5.74, 6) is 1.46. The van der Waals surface area contributed by atoms with E-state index in [9.17, 15) is 4.79 Å². The molecule has 1 amide bonds. The minimum absolute atomic E-state index is 0.169. The molecule has 1 saturated heterocycles. The Morgan fingerprint density at radius 1 is 1.37 bits per heavy atom. The van der Waals surface area contributed by atoms with Gasteiger partial charge >= 0.3 is 0 Å². The van der Waals surface area contributed by atoms with Crippen LogP contribution in [0.3, 0.4) is 0 Å². The molecular weight excluding hydrogens is 240 g/mol. The van der Waals surface area contributed by atoms with Crippen molar-refractivity contribution in [3.63, 3.8) is 0 Å². The number of aromatic nitrogens is 2. The van der Waals surface area contributed by atoms with E-state index in [-0.39, 0.29) is 5.91 Å². The van der Waals surface area contributed by atoms with Crippen molar-refractivity contribution < 1.29 is 4.79 Å². The Balaban J connectivity index is 1.92. The van der Waals surface area contributed by atoms with Crippen LogP contribution in [0.5, 0.6) is 0 Å². The first kappa shape index (κ1) is 13.8. The Morgan fingerprint density at radius 3 is 2.63 bits per heavy atom. The van der Waals surface area contributed by atoms with Crippen molar-refractivity contribution in [1.29, 1.82) is 0 Å². The van der Waals surface area contributed by atoms with Gasteiger partial charge in [0.1, 0.15) is 12.1 Å². The van der Waals surface area contributed by atoms with Crippen molar-refractivity contribution in [3.05, 3.63) is 18.1 Å². The first-order valence-electron chi connectivity index (χ1n) is 6.90. The van der Waals surface area contributed by atoms with Gasteiger partial charge in [0.15, 0.2) is 0 Å². The zero-order valence-electron chi connectivity index (χ0n) is 11.9. The molecule has 1 fully saturated rings. The number of amides is 1. The molecule has 0 aromatic carbocycles. The summed E-state index contributed by atoms with van der Waals surface area (Å²) in [5.41, 5.74) is 1.05. The summed E-state index contributed by atoms with van der Waals surface area (Å²) in [6.07, 6.45) is 3.56. The highest BCUT2D eigenvalue weighted by molar-refractivity contribution is 5.73. The molecule has 1 aromatic heterocycles. The second-order valence-electron chi connectivity index (χ2n) is 5.41. The molecule has 0 saturated carbocycles. The molecule has 19 heavy (non-hydrogen) atoms. The molecule has 1 aromatic rings. The molecule has 104 valence electrons. The number of carbonyl (C=O) groups excluding carboxylic acids is 1. The highest BCUT2D eigenvalue weighted by atomic mass is 16.2. The maximum Gasteiger partial charge on any atom is 0.219 e. The highest BCUT2D eigenvalue weighted by Crippen LogP contribution is 2.18. The lowest BCUT2D eigenvalue weighted by Gasteiger charge is -2.32. The predicted molar refractivity (Wildman–Crippen MR) is 75.0 cm³/mol. The largest absolute Gasteiger partial charge is 0.367 e. The molecular formula is C14H22N4O. The smallest absolute Gasteiger partial charge is 0.219 e. The molecule has 1 aliphatic heterocycles. The van der Waals surface area contributed by atoms with Gasteiger partial charge in [0.2, 0.25) is 5.91 Å². The number of hydrogen-bond acceptors (Lipinski definition) is 4. The van der Waals surface area contributed by atoms with E-state index in [1.54, 1.807) is 13.3 Å². The van der Waals surface area contributed by atoms with Crippen LogP contribution in [0.1, 0.15) is 45.2 Å². The average molecular weight is 262 g/mol. The molecule has 0 unspecified atom stereocenters. The molecule has 0 aliphatic carbocycles. The van der Waals surface area contributed by atoms with Crippen molar-refractivity contribution in [2.45, 2.75) is 45.6 Å². The normalized spacial score (nSPS) is 16.7. The van der Waals surface area contributed by atoms with Gasteiger partial charge in [0.25, 0.3) is 0 Å². The fourth-order valence-corrected chi connectivity index (χ4v) is 2.31. The topological polar surface area (TPSA) is 58.1 Å². The minimum atomic E-state index is 0.169. The molecule has 5 nitrogen and oxygen atoms in total. The van der Waals surface area contributed by atoms with Gasteiger partial charge in [0.05, 0.1) is 0 Å². The molecule has 0 atom stereocenters. The van der Waals surface area contributed by atoms with E-state index < -0.39 is 0 Å². The van der Waals surface area contributed by atoms with Gasteiger partial charge in [-0.25, -0.2) is 9.97 Å². The third kappa shape index (κ3) is 3.66. The van der Waals surface area contributed by atoms with Gasteiger partial charge in [-0.2, -0.15) is 0 Å². The molecule has 2 heterocycles. The zero-order valence-corrected chi connectivity index (χ0v) is 11.9. The van der Waals surface area contributed by atoms with Gasteiger partial charge < -0.3 is 10.2 Å². The summed E-state index contributed by atoms with van der Waals surface area (Å²) in [5, 5.41) is 3.45. The van der Waals surface area contributed by atoms with E-state index in [1.807, 2.05) is 11.0 Å². The monoisotopic (exact) mass is 262 g/mol. The molecule has 0 spiro atoms. The van der Waals surface area contributed by atoms with Crippen LogP contribution in [0.15, 0.2) is 12.4 Å². The Kier molecular flexibility index (Phi) is 4.35. The predicted octanol–water partition coefficient (Wildman–Crippen LogP) is 2.02. The number of nitrogens with one attached hydrogen (secondary N) is 1. The van der Waals surface area contributed by atoms with Crippen LogP contribution < -0.4 is 5.32 Å². The van der Waals surface area contributed by atoms with E-state index in [2.05, 4.69) is 29.1 Å². The van der Waals surface area contributed by atoms with Crippen LogP contribution in [0.25, 0.3) is 0 Å². The van der Waals surface area contributed by atoms with Crippen molar-refractivity contribution in [3.8, 4) is 0 Å². The van der Waals surface area contributed by atoms with Crippen LogP contribution in [0.2, 0.25) is 0 Å². The number of piperidine rings is 1. The van der Waals surface area contributed by atoms with Gasteiger partial charge in [-0.1, -0.05) is 13.8 Å². The fourth-order valence-electron chi connectivity index (χ4n) is 2.31. The third-order valence-corrected chi connectivity index (χ3v) is 3.57. The third-order valence-electron chi connectivity index (χ3n) is 3.57. The van der Waals surface area contributed by atoms with E-state index in [1.165, 1.54) is 0 Å². The summed E-state index contributed by atoms with van der Waals surface area (Å²) < 4.78 is 0. The summed E-state index contributed by atoms with van der Waals surface area (Å²) >= 11 is 0. The Hall–Kier alpha value is -1.65. The van der Waals surface area contributed by atoms with Crippen molar-refractivity contribution in [2.75, 3.05) is 18.4 Å². The average Bonchev–Trinajstić information content (AvgIpc) is 2.39. The van der Waals surface area contributed by atoms with Crippen molar-refractivity contribution >= 4 is 11.7 Å². The van der Waals surface area contributed by atoms with E-state index >= 15 is 0 Å². The van der Waals surface area contributed by atoms with E-state index in [4.69, 9.17) is 0 Å². The van der Waals surface area contributed by atoms with Crippen molar-refractivity contribution in [2.24, 2.45) is 0 Å². The maximum atomic E-state index is 11.3. The molecule has 0 radical (unpaired) electrons. The number of likely N-dealkylation sites (tertiary alicyclic amines) is 1. The highest BCUT2D eigenvalue weighted by Gasteiger charge is 2.20. The van der Waals surface area contributed by atoms with Gasteiger partial charge in [0, 0.05) is 37.8 Å². The molecule has 5 heteroatoms. The van der Waals surface area contributed by atoms with Crippen LogP contribution in [0, 0.1) is 0 Å². The first-order valence-corrected chi connectivity index (χ1v) is 6.90. The molecule has 0 bridgehead atoms. The first-order chi connectivity index (χ1) is 9.06. The summed E-state index contributed by atoms with van der Waals surface area (Å²) in [7, 11) is 0. The maximum absolute atomic E-state index is 11.3. The summed E-state index contributed by atoms with van der Waals surface area (Å²) in [6.45, 7) is 7.53. The lowest BCUT2D eigenvalue weighted by atomic mass is 10.0. The minimum Gasteiger partial charge on any atom is -0.367 e. The number of carbonyl (C=O) groups is 1. The number of rotatable bonds is 3. The number of hydrogen-bond donors (Lipinski definition) is 1. The van der Waals surface area contributed by atoms with Crippen LogP contribution in [0.4, 0.5) is 5.82 Å². The van der Waals surface area contributed by atoms with Crippen LogP contribution in [-0.4, -0.2) is 39.9 Å². The Morgan fingerprint density at radius 2 is 2.05 bits per heavy atom. The molecule has 1 N–H and O–H groups in total. The number of nitrogens with zero attached hydrogens (tertiary/aromatic N) is 3. The lowest BCUT2D eigenvalue weighted by molar-refractivity contribution is -0.129. The van der Waals surface area contributed by atoms with Gasteiger partial charge in [-0.05, 0) is 18.8 Å². The summed E-state index contributed by atoms with van der Waals surface area (Å²) in [4.78, 5) is 21.7. The van der Waals surface area contributed by atoms with Crippen LogP contribution in [-0.2, 0) is 4.79 Å². The van der Waals surface area contributed by atoms with Gasteiger partial charge in [-0.3, -0.25) is 4.79 Å². The quantitative estimate of drug-likeness (QED) is 0.905. The van der Waals surface area contributed by atoms with E-state index in [0.29, 0.717) is 12.0 Å². The summed E-state index contributed by atoms with van der Waals surface area (Å²) in [6, 6.07) is 2.41. The zero-order chi connectivity index (χ0) is 13.8. The van der Waals surface area contributed by atoms with E-state index in [0.717, 1.165) is 37.4 Å². The fraction of sp³-hybridized carbons (Fsp3) is 0.643. The standard InChI is InChI=1S/C14H22N4O/c1-10(2)13-8-14(16-9-15-13)17-12-4-6-18(7-5-12)11(3)19/h8-10,12H,4-7H2,1-3H3,(H,15,16,17). The Labute approximate surface area is 114 Å². The number of anilines is 1. The molecule has 2 rings (SSSR count). The second kappa shape index (κ2) is 5.99. The Bertz CT molecular complexity index is 439. The second-order valence-corrected chi connectivity index (χ2v) is 5.41.